The van der Waals surface area contributed by atoms with Gasteiger partial charge in [0.1, 0.15) is 0 Å². The maximum atomic E-state index is 12.8. The minimum atomic E-state index is -3.73. The molecule has 0 fully saturated rings. The van der Waals surface area contributed by atoms with Crippen LogP contribution in [-0.2, 0) is 10.0 Å². The number of carbonyl (C=O) groups excluding carboxylic acids is 1. The highest BCUT2D eigenvalue weighted by Gasteiger charge is 2.18. The predicted octanol–water partition coefficient (Wildman–Crippen LogP) is 4.99. The zero-order valence-corrected chi connectivity index (χ0v) is 18.2. The number of hydrogen-bond donors (Lipinski definition) is 2. The van der Waals surface area contributed by atoms with Gasteiger partial charge < -0.3 is 5.32 Å². The highest BCUT2D eigenvalue weighted by Crippen LogP contribution is 2.22. The van der Waals surface area contributed by atoms with Crippen LogP contribution in [0.25, 0.3) is 0 Å². The van der Waals surface area contributed by atoms with E-state index in [2.05, 4.69) is 10.0 Å². The van der Waals surface area contributed by atoms with E-state index in [0.29, 0.717) is 11.3 Å². The van der Waals surface area contributed by atoms with Crippen molar-refractivity contribution in [1.82, 2.24) is 5.32 Å². The van der Waals surface area contributed by atoms with Crippen molar-refractivity contribution in [2.45, 2.75) is 38.1 Å². The molecule has 3 aromatic carbocycles. The number of sulfonamides is 1. The van der Waals surface area contributed by atoms with Gasteiger partial charge >= 0.3 is 0 Å². The summed E-state index contributed by atoms with van der Waals surface area (Å²) in [6.45, 7) is 5.93. The molecule has 5 nitrogen and oxygen atoms in total. The topological polar surface area (TPSA) is 75.3 Å². The van der Waals surface area contributed by atoms with E-state index in [1.807, 2.05) is 45.0 Å². The van der Waals surface area contributed by atoms with E-state index in [9.17, 15) is 13.2 Å². The molecule has 0 saturated carbocycles. The van der Waals surface area contributed by atoms with Gasteiger partial charge in [0, 0.05) is 11.3 Å². The zero-order chi connectivity index (χ0) is 21.7. The van der Waals surface area contributed by atoms with E-state index in [0.717, 1.165) is 23.1 Å². The van der Waals surface area contributed by atoms with Crippen molar-refractivity contribution in [3.8, 4) is 0 Å². The Morgan fingerprint density at radius 3 is 2.30 bits per heavy atom. The Morgan fingerprint density at radius 2 is 1.63 bits per heavy atom. The first-order valence-electron chi connectivity index (χ1n) is 9.86. The van der Waals surface area contributed by atoms with Crippen molar-refractivity contribution in [3.63, 3.8) is 0 Å². The molecular weight excluding hydrogens is 396 g/mol. The summed E-state index contributed by atoms with van der Waals surface area (Å²) in [5, 5.41) is 3.05. The van der Waals surface area contributed by atoms with Crippen LogP contribution in [0, 0.1) is 13.8 Å². The first kappa shape index (κ1) is 21.6. The molecule has 0 bridgehead atoms. The van der Waals surface area contributed by atoms with Crippen LogP contribution in [0.4, 0.5) is 5.69 Å². The Bertz CT molecular complexity index is 1140. The third-order valence-corrected chi connectivity index (χ3v) is 6.38. The summed E-state index contributed by atoms with van der Waals surface area (Å²) < 4.78 is 27.8. The molecule has 1 atom stereocenters. The lowest BCUT2D eigenvalue weighted by molar-refractivity contribution is 0.0935. The fourth-order valence-corrected chi connectivity index (χ4v) is 4.32. The molecule has 0 radical (unpaired) electrons. The number of benzene rings is 3. The molecule has 0 aromatic heterocycles. The molecule has 0 saturated heterocycles. The van der Waals surface area contributed by atoms with E-state index in [1.54, 1.807) is 48.5 Å². The molecule has 2 N–H and O–H groups in total. The van der Waals surface area contributed by atoms with E-state index < -0.39 is 10.0 Å². The van der Waals surface area contributed by atoms with Gasteiger partial charge in [-0.2, -0.15) is 0 Å². The first-order chi connectivity index (χ1) is 14.3. The molecule has 0 spiro atoms. The van der Waals surface area contributed by atoms with E-state index in [1.165, 1.54) is 0 Å². The molecule has 0 aliphatic rings. The first-order valence-corrected chi connectivity index (χ1v) is 11.3. The summed E-state index contributed by atoms with van der Waals surface area (Å²) in [5.74, 6) is -0.249. The molecule has 3 aromatic rings. The average Bonchev–Trinajstić information content (AvgIpc) is 2.72. The van der Waals surface area contributed by atoms with Crippen molar-refractivity contribution in [2.24, 2.45) is 0 Å². The molecule has 156 valence electrons. The van der Waals surface area contributed by atoms with Crippen LogP contribution >= 0.6 is 0 Å². The maximum absolute atomic E-state index is 12.8. The lowest BCUT2D eigenvalue weighted by Gasteiger charge is -2.20. The van der Waals surface area contributed by atoms with Crippen LogP contribution in [0.3, 0.4) is 0 Å². The highest BCUT2D eigenvalue weighted by atomic mass is 32.2. The third kappa shape index (κ3) is 5.07. The fourth-order valence-electron chi connectivity index (χ4n) is 3.27. The van der Waals surface area contributed by atoms with Gasteiger partial charge in [-0.3, -0.25) is 9.52 Å². The van der Waals surface area contributed by atoms with Crippen molar-refractivity contribution in [2.75, 3.05) is 4.72 Å². The summed E-state index contributed by atoms with van der Waals surface area (Å²) in [6.07, 6.45) is 0.746. The molecule has 0 heterocycles. The van der Waals surface area contributed by atoms with Crippen molar-refractivity contribution >= 4 is 21.6 Å². The van der Waals surface area contributed by atoms with Gasteiger partial charge in [0.2, 0.25) is 0 Å². The summed E-state index contributed by atoms with van der Waals surface area (Å²) >= 11 is 0. The molecule has 1 amide bonds. The van der Waals surface area contributed by atoms with Gasteiger partial charge in [-0.15, -0.1) is 0 Å². The number of nitrogens with one attached hydrogen (secondary N) is 2. The van der Waals surface area contributed by atoms with Crippen LogP contribution in [0.5, 0.6) is 0 Å². The van der Waals surface area contributed by atoms with Crippen molar-refractivity contribution in [3.05, 3.63) is 95.1 Å². The minimum Gasteiger partial charge on any atom is -0.345 e. The number of anilines is 1. The fraction of sp³-hybridized carbons (Fsp3) is 0.208. The molecular formula is C24H26N2O3S. The Balaban J connectivity index is 1.78. The van der Waals surface area contributed by atoms with E-state index >= 15 is 0 Å². The van der Waals surface area contributed by atoms with Gasteiger partial charge in [0.15, 0.2) is 0 Å². The number of aryl methyl sites for hydroxylation is 2. The maximum Gasteiger partial charge on any atom is 0.261 e. The van der Waals surface area contributed by atoms with E-state index in [4.69, 9.17) is 0 Å². The molecule has 30 heavy (non-hydrogen) atoms. The number of carbonyl (C=O) groups is 1. The Hall–Kier alpha value is -3.12. The number of rotatable bonds is 7. The SMILES string of the molecule is CC[C@H](NC(=O)c1cccc(NS(=O)(=O)c2ccc(C)cc2)c1)c1ccccc1C. The number of amides is 1. The van der Waals surface area contributed by atoms with Crippen molar-refractivity contribution in [1.29, 1.82) is 0 Å². The quantitative estimate of drug-likeness (QED) is 0.563. The number of hydrogen-bond acceptors (Lipinski definition) is 3. The summed E-state index contributed by atoms with van der Waals surface area (Å²) in [7, 11) is -3.73. The van der Waals surface area contributed by atoms with Crippen LogP contribution in [0.15, 0.2) is 77.7 Å². The standard InChI is InChI=1S/C24H26N2O3S/c1-4-23(22-11-6-5-8-18(22)3)25-24(27)19-9-7-10-20(16-19)26-30(28,29)21-14-12-17(2)13-15-21/h5-16,23,26H,4H2,1-3H3,(H,25,27)/t23-/m0/s1. The second kappa shape index (κ2) is 9.13. The lowest BCUT2D eigenvalue weighted by atomic mass is 9.99. The van der Waals surface area contributed by atoms with Gasteiger partial charge in [0.25, 0.3) is 15.9 Å². The van der Waals surface area contributed by atoms with Crippen molar-refractivity contribution < 1.29 is 13.2 Å². The largest absolute Gasteiger partial charge is 0.345 e. The third-order valence-electron chi connectivity index (χ3n) is 4.99. The Morgan fingerprint density at radius 1 is 0.933 bits per heavy atom. The zero-order valence-electron chi connectivity index (χ0n) is 17.3. The van der Waals surface area contributed by atoms with Gasteiger partial charge in [-0.25, -0.2) is 8.42 Å². The minimum absolute atomic E-state index is 0.119. The summed E-state index contributed by atoms with van der Waals surface area (Å²) in [4.78, 5) is 13.0. The lowest BCUT2D eigenvalue weighted by Crippen LogP contribution is -2.28. The van der Waals surface area contributed by atoms with E-state index in [-0.39, 0.29) is 16.8 Å². The smallest absolute Gasteiger partial charge is 0.261 e. The van der Waals surface area contributed by atoms with Crippen LogP contribution < -0.4 is 10.0 Å². The molecule has 0 aliphatic carbocycles. The van der Waals surface area contributed by atoms with Crippen LogP contribution in [-0.4, -0.2) is 14.3 Å². The molecule has 3 rings (SSSR count). The van der Waals surface area contributed by atoms with Gasteiger partial charge in [0.05, 0.1) is 10.9 Å². The van der Waals surface area contributed by atoms with Gasteiger partial charge in [-0.1, -0.05) is 55.0 Å². The normalized spacial score (nSPS) is 12.2. The summed E-state index contributed by atoms with van der Waals surface area (Å²) in [6, 6.07) is 20.9. The Kier molecular flexibility index (Phi) is 6.57. The second-order valence-electron chi connectivity index (χ2n) is 7.29. The predicted molar refractivity (Wildman–Crippen MR) is 120 cm³/mol. The summed E-state index contributed by atoms with van der Waals surface area (Å²) in [5.41, 5.74) is 3.90. The molecule has 0 unspecified atom stereocenters. The van der Waals surface area contributed by atoms with Crippen LogP contribution in [0.2, 0.25) is 0 Å². The van der Waals surface area contributed by atoms with Gasteiger partial charge in [-0.05, 0) is 61.7 Å². The average molecular weight is 423 g/mol. The highest BCUT2D eigenvalue weighted by molar-refractivity contribution is 7.92. The van der Waals surface area contributed by atoms with Crippen LogP contribution in [0.1, 0.15) is 46.4 Å². The Labute approximate surface area is 178 Å². The monoisotopic (exact) mass is 422 g/mol. The second-order valence-corrected chi connectivity index (χ2v) is 8.97. The molecule has 0 aliphatic heterocycles. The molecule has 6 heteroatoms.